The van der Waals surface area contributed by atoms with Crippen LogP contribution < -0.4 is 29.6 Å². The Bertz CT molecular complexity index is 213. The topological polar surface area (TPSA) is 52.6 Å². The number of hydrogen-bond donors (Lipinski definition) is 0. The van der Waals surface area contributed by atoms with Gasteiger partial charge in [-0.1, -0.05) is 32.6 Å². The number of hydrogen-bond acceptors (Lipinski definition) is 4. The number of unbranched alkanes of at least 4 members (excludes halogenated alkanes) is 3. The number of rotatable bonds is 9. The Labute approximate surface area is 132 Å². The van der Waals surface area contributed by atoms with Gasteiger partial charge in [-0.15, -0.1) is 6.42 Å². The molecule has 100 valence electrons. The second-order valence-electron chi connectivity index (χ2n) is 3.73. The average molecular weight is 266 g/mol. The molecule has 0 unspecified atom stereocenters. The zero-order valence-electron chi connectivity index (χ0n) is 12.1. The van der Waals surface area contributed by atoms with E-state index < -0.39 is 11.9 Å². The van der Waals surface area contributed by atoms with Crippen LogP contribution in [0.15, 0.2) is 0 Å². The predicted octanol–water partition coefficient (Wildman–Crippen LogP) is -0.339. The second kappa shape index (κ2) is 13.2. The molecule has 0 saturated heterocycles. The summed E-state index contributed by atoms with van der Waals surface area (Å²) in [6.45, 7) is 6.10. The molecule has 0 rings (SSSR count). The minimum Gasteiger partial charge on any atom is -0.488 e. The Morgan fingerprint density at radius 1 is 0.889 bits per heavy atom. The fourth-order valence-corrected chi connectivity index (χ4v) is 1.45. The standard InChI is InChI=1S/C13H23O4.Na/c1-4-7-8-9-10-11(12(14)16-5-2)13(15)17-6-3;/h4-10H2,1-3H3;/q-1;+1. The molecule has 0 amide bonds. The van der Waals surface area contributed by atoms with Crippen LogP contribution >= 0.6 is 0 Å². The van der Waals surface area contributed by atoms with Crippen molar-refractivity contribution in [2.75, 3.05) is 13.2 Å². The number of ether oxygens (including phenoxy) is 2. The van der Waals surface area contributed by atoms with E-state index in [2.05, 4.69) is 6.92 Å². The molecule has 0 bridgehead atoms. The molecule has 0 aliphatic carbocycles. The van der Waals surface area contributed by atoms with E-state index >= 15 is 0 Å². The zero-order valence-corrected chi connectivity index (χ0v) is 14.1. The number of esters is 2. The molecule has 0 heterocycles. The molecule has 0 saturated carbocycles. The Morgan fingerprint density at radius 2 is 1.39 bits per heavy atom. The Hall–Kier alpha value is -0.190. The van der Waals surface area contributed by atoms with E-state index in [0.717, 1.165) is 25.7 Å². The van der Waals surface area contributed by atoms with Gasteiger partial charge in [0, 0.05) is 0 Å². The van der Waals surface area contributed by atoms with Gasteiger partial charge in [-0.3, -0.25) is 9.59 Å². The summed E-state index contributed by atoms with van der Waals surface area (Å²) in [6, 6.07) is 0. The molecule has 0 aliphatic rings. The average Bonchev–Trinajstić information content (AvgIpc) is 2.29. The molecule has 0 aromatic rings. The Balaban J connectivity index is 0. The van der Waals surface area contributed by atoms with Crippen molar-refractivity contribution in [1.29, 1.82) is 0 Å². The third-order valence-electron chi connectivity index (χ3n) is 2.32. The molecular weight excluding hydrogens is 243 g/mol. The first kappa shape index (κ1) is 20.1. The molecule has 5 heteroatoms. The zero-order chi connectivity index (χ0) is 13.1. The van der Waals surface area contributed by atoms with Crippen molar-refractivity contribution in [2.45, 2.75) is 52.9 Å². The SMILES string of the molecule is CCCCCC[C-](C(=O)OCC)C(=O)OCC.[Na+]. The van der Waals surface area contributed by atoms with Crippen LogP contribution in [0.2, 0.25) is 0 Å². The molecule has 0 atom stereocenters. The van der Waals surface area contributed by atoms with Crippen LogP contribution in [0, 0.1) is 5.92 Å². The van der Waals surface area contributed by atoms with E-state index in [9.17, 15) is 9.59 Å². The van der Waals surface area contributed by atoms with Gasteiger partial charge in [-0.2, -0.15) is 5.92 Å². The third-order valence-corrected chi connectivity index (χ3v) is 2.32. The van der Waals surface area contributed by atoms with Crippen LogP contribution in [0.5, 0.6) is 0 Å². The fourth-order valence-electron chi connectivity index (χ4n) is 1.45. The molecule has 0 N–H and O–H groups in total. The van der Waals surface area contributed by atoms with Gasteiger partial charge in [0.1, 0.15) is 0 Å². The van der Waals surface area contributed by atoms with Gasteiger partial charge < -0.3 is 9.47 Å². The molecule has 0 fully saturated rings. The minimum atomic E-state index is -0.539. The van der Waals surface area contributed by atoms with Crippen molar-refractivity contribution in [2.24, 2.45) is 0 Å². The van der Waals surface area contributed by atoms with Crippen LogP contribution in [0.4, 0.5) is 0 Å². The minimum absolute atomic E-state index is 0. The van der Waals surface area contributed by atoms with Crippen molar-refractivity contribution >= 4 is 11.9 Å². The van der Waals surface area contributed by atoms with E-state index in [1.165, 1.54) is 0 Å². The summed E-state index contributed by atoms with van der Waals surface area (Å²) in [6.07, 6.45) is 4.50. The quantitative estimate of drug-likeness (QED) is 0.188. The maximum absolute atomic E-state index is 11.6. The smallest absolute Gasteiger partial charge is 0.488 e. The summed E-state index contributed by atoms with van der Waals surface area (Å²) in [5, 5.41) is 0. The Morgan fingerprint density at radius 3 is 1.78 bits per heavy atom. The first-order valence-electron chi connectivity index (χ1n) is 6.37. The predicted molar refractivity (Wildman–Crippen MR) is 65.3 cm³/mol. The van der Waals surface area contributed by atoms with Gasteiger partial charge in [0.05, 0.1) is 13.2 Å². The molecule has 0 aromatic heterocycles. The van der Waals surface area contributed by atoms with Gasteiger partial charge in [0.25, 0.3) is 0 Å². The van der Waals surface area contributed by atoms with Crippen molar-refractivity contribution in [3.05, 3.63) is 5.92 Å². The molecule has 18 heavy (non-hydrogen) atoms. The second-order valence-corrected chi connectivity index (χ2v) is 3.73. The number of carbonyl (C=O) groups excluding carboxylic acids is 2. The number of carbonyl (C=O) groups is 2. The van der Waals surface area contributed by atoms with Crippen LogP contribution in [-0.4, -0.2) is 25.2 Å². The maximum atomic E-state index is 11.6. The Kier molecular flexibility index (Phi) is 14.8. The molecule has 4 nitrogen and oxygen atoms in total. The van der Waals surface area contributed by atoms with Crippen LogP contribution in [0.3, 0.4) is 0 Å². The normalized spacial score (nSPS) is 9.28. The monoisotopic (exact) mass is 266 g/mol. The van der Waals surface area contributed by atoms with E-state index in [1.54, 1.807) is 13.8 Å². The summed E-state index contributed by atoms with van der Waals surface area (Å²) in [4.78, 5) is 23.1. The molecule has 0 aliphatic heterocycles. The first-order chi connectivity index (χ1) is 8.17. The molecule has 0 aromatic carbocycles. The van der Waals surface area contributed by atoms with Crippen LogP contribution in [-0.2, 0) is 19.1 Å². The van der Waals surface area contributed by atoms with Gasteiger partial charge in [0.2, 0.25) is 0 Å². The van der Waals surface area contributed by atoms with Gasteiger partial charge in [-0.05, 0) is 13.8 Å². The van der Waals surface area contributed by atoms with Gasteiger partial charge in [-0.25, -0.2) is 0 Å². The summed E-state index contributed by atoms with van der Waals surface area (Å²) in [5.74, 6) is -0.935. The van der Waals surface area contributed by atoms with Crippen LogP contribution in [0.25, 0.3) is 0 Å². The summed E-state index contributed by atoms with van der Waals surface area (Å²) in [7, 11) is 0. The molecular formula is C13H23NaO4. The van der Waals surface area contributed by atoms with E-state index in [0.29, 0.717) is 6.42 Å². The van der Waals surface area contributed by atoms with Gasteiger partial charge >= 0.3 is 29.6 Å². The largest absolute Gasteiger partial charge is 1.00 e. The van der Waals surface area contributed by atoms with Crippen molar-refractivity contribution in [3.8, 4) is 0 Å². The van der Waals surface area contributed by atoms with E-state index in [4.69, 9.17) is 9.47 Å². The molecule has 0 radical (unpaired) electrons. The van der Waals surface area contributed by atoms with E-state index in [-0.39, 0.29) is 48.7 Å². The van der Waals surface area contributed by atoms with Crippen molar-refractivity contribution in [1.82, 2.24) is 0 Å². The maximum Gasteiger partial charge on any atom is 1.00 e. The van der Waals surface area contributed by atoms with E-state index in [1.807, 2.05) is 0 Å². The van der Waals surface area contributed by atoms with Crippen molar-refractivity contribution < 1.29 is 48.6 Å². The van der Waals surface area contributed by atoms with Gasteiger partial charge in [0.15, 0.2) is 11.9 Å². The van der Waals surface area contributed by atoms with Crippen LogP contribution in [0.1, 0.15) is 52.9 Å². The fraction of sp³-hybridized carbons (Fsp3) is 0.769. The summed E-state index contributed by atoms with van der Waals surface area (Å²) < 4.78 is 9.70. The first-order valence-corrected chi connectivity index (χ1v) is 6.37. The summed E-state index contributed by atoms with van der Waals surface area (Å²) >= 11 is 0. The summed E-state index contributed by atoms with van der Waals surface area (Å²) in [5.41, 5.74) is 0. The van der Waals surface area contributed by atoms with Crippen molar-refractivity contribution in [3.63, 3.8) is 0 Å². The molecule has 0 spiro atoms. The third kappa shape index (κ3) is 8.84.